The van der Waals surface area contributed by atoms with Crippen molar-refractivity contribution < 1.29 is 0 Å². The van der Waals surface area contributed by atoms with E-state index in [0.717, 1.165) is 59.1 Å². The smallest absolute Gasteiger partial charge is 0.158 e. The maximum absolute atomic E-state index is 9.19. The summed E-state index contributed by atoms with van der Waals surface area (Å²) in [7, 11) is 0. The lowest BCUT2D eigenvalue weighted by molar-refractivity contribution is 0.888. The van der Waals surface area contributed by atoms with Crippen molar-refractivity contribution in [2.24, 2.45) is 0 Å². The molecule has 2 aromatic rings. The van der Waals surface area contributed by atoms with Crippen LogP contribution in [0.5, 0.6) is 0 Å². The molecular formula is C22H16N4. The number of fused-ring (bicyclic) bond motifs is 4. The van der Waals surface area contributed by atoms with Gasteiger partial charge in [-0.2, -0.15) is 21.0 Å². The molecule has 0 fully saturated rings. The van der Waals surface area contributed by atoms with E-state index >= 15 is 0 Å². The van der Waals surface area contributed by atoms with Crippen molar-refractivity contribution in [2.45, 2.75) is 37.5 Å². The first-order valence-electron chi connectivity index (χ1n) is 8.50. The third-order valence-electron chi connectivity index (χ3n) is 4.74. The highest BCUT2D eigenvalue weighted by molar-refractivity contribution is 5.42. The Labute approximate surface area is 153 Å². The number of rotatable bonds is 2. The summed E-state index contributed by atoms with van der Waals surface area (Å²) in [5.41, 5.74) is 5.97. The molecule has 4 nitrogen and oxygen atoms in total. The Balaban J connectivity index is 1.98. The number of nitriles is 4. The molecule has 0 aliphatic heterocycles. The largest absolute Gasteiger partial charge is 0.196 e. The number of benzene rings is 2. The molecule has 0 atom stereocenters. The van der Waals surface area contributed by atoms with Crippen LogP contribution in [0.25, 0.3) is 0 Å². The zero-order chi connectivity index (χ0) is 18.5. The molecular weight excluding hydrogens is 320 g/mol. The standard InChI is InChI=1S/C22H16N4/c23-11-21(12-24)19-7-15-1-2-16-6-18(4-3-17(5-15)9-19)10-20(8-16)22(13-25)14-26/h5-10,21-22H,1-4H2. The SMILES string of the molecule is N#CC(C#N)c1cc2cc(c1)CCc1cc(cc(C(C#N)C#N)c1)CC2. The van der Waals surface area contributed by atoms with Gasteiger partial charge in [-0.3, -0.25) is 0 Å². The number of hydrogen-bond acceptors (Lipinski definition) is 4. The summed E-state index contributed by atoms with van der Waals surface area (Å²) >= 11 is 0. The minimum absolute atomic E-state index is 0.743. The van der Waals surface area contributed by atoms with Gasteiger partial charge >= 0.3 is 0 Å². The Hall–Kier alpha value is -3.60. The second-order valence-corrected chi connectivity index (χ2v) is 6.55. The molecule has 0 amide bonds. The second kappa shape index (κ2) is 7.53. The van der Waals surface area contributed by atoms with E-state index in [-0.39, 0.29) is 0 Å². The van der Waals surface area contributed by atoms with Crippen LogP contribution in [0.4, 0.5) is 0 Å². The Morgan fingerprint density at radius 2 is 0.769 bits per heavy atom. The maximum atomic E-state index is 9.19. The van der Waals surface area contributed by atoms with Crippen LogP contribution in [-0.4, -0.2) is 0 Å². The van der Waals surface area contributed by atoms with Gasteiger partial charge in [0.25, 0.3) is 0 Å². The first-order valence-corrected chi connectivity index (χ1v) is 8.50. The van der Waals surface area contributed by atoms with Gasteiger partial charge in [0.05, 0.1) is 24.3 Å². The van der Waals surface area contributed by atoms with Crippen molar-refractivity contribution in [3.63, 3.8) is 0 Å². The first kappa shape index (κ1) is 17.2. The maximum Gasteiger partial charge on any atom is 0.158 e. The summed E-state index contributed by atoms with van der Waals surface area (Å²) in [5.74, 6) is -1.49. The minimum atomic E-state index is -0.743. The van der Waals surface area contributed by atoms with Crippen LogP contribution in [-0.2, 0) is 25.7 Å². The predicted octanol–water partition coefficient (Wildman–Crippen LogP) is 3.83. The van der Waals surface area contributed by atoms with Gasteiger partial charge < -0.3 is 0 Å². The molecule has 0 radical (unpaired) electrons. The zero-order valence-electron chi connectivity index (χ0n) is 14.2. The molecule has 0 spiro atoms. The lowest BCUT2D eigenvalue weighted by Gasteiger charge is -2.15. The highest BCUT2D eigenvalue weighted by Crippen LogP contribution is 2.25. The van der Waals surface area contributed by atoms with Crippen LogP contribution in [0.15, 0.2) is 36.4 Å². The highest BCUT2D eigenvalue weighted by Gasteiger charge is 2.15. The average Bonchev–Trinajstić information content (AvgIpc) is 2.66. The summed E-state index contributed by atoms with van der Waals surface area (Å²) in [5, 5.41) is 36.7. The molecule has 124 valence electrons. The van der Waals surface area contributed by atoms with Gasteiger partial charge in [-0.1, -0.05) is 36.4 Å². The molecule has 0 N–H and O–H groups in total. The molecule has 0 unspecified atom stereocenters. The summed E-state index contributed by atoms with van der Waals surface area (Å²) in [6.45, 7) is 0. The van der Waals surface area contributed by atoms with Gasteiger partial charge in [-0.25, -0.2) is 0 Å². The van der Waals surface area contributed by atoms with Gasteiger partial charge in [-0.05, 0) is 59.1 Å². The van der Waals surface area contributed by atoms with E-state index < -0.39 is 11.8 Å². The van der Waals surface area contributed by atoms with Crippen LogP contribution >= 0.6 is 0 Å². The van der Waals surface area contributed by atoms with Crippen molar-refractivity contribution in [1.82, 2.24) is 0 Å². The Morgan fingerprint density at radius 3 is 1.00 bits per heavy atom. The quantitative estimate of drug-likeness (QED) is 0.832. The van der Waals surface area contributed by atoms with Gasteiger partial charge in [0.1, 0.15) is 0 Å². The van der Waals surface area contributed by atoms with Crippen LogP contribution in [0, 0.1) is 45.3 Å². The second-order valence-electron chi connectivity index (χ2n) is 6.55. The predicted molar refractivity (Wildman–Crippen MR) is 95.6 cm³/mol. The number of aryl methyl sites for hydroxylation is 4. The minimum Gasteiger partial charge on any atom is -0.196 e. The topological polar surface area (TPSA) is 95.2 Å². The van der Waals surface area contributed by atoms with Crippen LogP contribution in [0.3, 0.4) is 0 Å². The van der Waals surface area contributed by atoms with E-state index in [1.165, 1.54) is 0 Å². The van der Waals surface area contributed by atoms with Crippen molar-refractivity contribution in [2.75, 3.05) is 0 Å². The van der Waals surface area contributed by atoms with Crippen molar-refractivity contribution in [3.8, 4) is 24.3 Å². The Kier molecular flexibility index (Phi) is 4.99. The molecule has 26 heavy (non-hydrogen) atoms. The summed E-state index contributed by atoms with van der Waals surface area (Å²) in [6, 6.07) is 20.3. The molecule has 0 saturated carbocycles. The van der Waals surface area contributed by atoms with Crippen LogP contribution in [0.1, 0.15) is 45.2 Å². The summed E-state index contributed by atoms with van der Waals surface area (Å²) < 4.78 is 0. The molecule has 3 rings (SSSR count). The monoisotopic (exact) mass is 336 g/mol. The third kappa shape index (κ3) is 3.57. The highest BCUT2D eigenvalue weighted by atomic mass is 14.3. The fourth-order valence-electron chi connectivity index (χ4n) is 3.43. The van der Waals surface area contributed by atoms with Crippen molar-refractivity contribution in [1.29, 1.82) is 21.0 Å². The summed E-state index contributed by atoms with van der Waals surface area (Å²) in [6.07, 6.45) is 3.16. The van der Waals surface area contributed by atoms with Crippen molar-refractivity contribution in [3.05, 3.63) is 69.8 Å². The Bertz CT molecular complexity index is 852. The van der Waals surface area contributed by atoms with Gasteiger partial charge in [0.2, 0.25) is 0 Å². The lowest BCUT2D eigenvalue weighted by Crippen LogP contribution is -2.05. The average molecular weight is 336 g/mol. The van der Waals surface area contributed by atoms with Crippen molar-refractivity contribution >= 4 is 0 Å². The number of nitrogens with zero attached hydrogens (tertiary/aromatic N) is 4. The van der Waals surface area contributed by atoms with E-state index in [2.05, 4.69) is 36.4 Å². The van der Waals surface area contributed by atoms with E-state index in [0.29, 0.717) is 0 Å². The fraction of sp³-hybridized carbons (Fsp3) is 0.273. The van der Waals surface area contributed by atoms with E-state index in [9.17, 15) is 21.0 Å². The molecule has 4 bridgehead atoms. The number of hydrogen-bond donors (Lipinski definition) is 0. The van der Waals surface area contributed by atoms with E-state index in [1.54, 1.807) is 0 Å². The van der Waals surface area contributed by atoms with Crippen LogP contribution in [0.2, 0.25) is 0 Å². The molecule has 1 aliphatic rings. The normalized spacial score (nSPS) is 12.5. The lowest BCUT2D eigenvalue weighted by atomic mass is 9.88. The fourth-order valence-corrected chi connectivity index (χ4v) is 3.43. The molecule has 4 heteroatoms. The van der Waals surface area contributed by atoms with E-state index in [1.807, 2.05) is 24.3 Å². The molecule has 0 heterocycles. The van der Waals surface area contributed by atoms with Gasteiger partial charge in [-0.15, -0.1) is 0 Å². The van der Waals surface area contributed by atoms with Gasteiger partial charge in [0, 0.05) is 0 Å². The molecule has 0 saturated heterocycles. The summed E-state index contributed by atoms with van der Waals surface area (Å²) in [4.78, 5) is 0. The molecule has 1 aliphatic carbocycles. The molecule has 2 aromatic carbocycles. The first-order chi connectivity index (χ1) is 12.7. The van der Waals surface area contributed by atoms with E-state index in [4.69, 9.17) is 0 Å². The molecule has 0 aromatic heterocycles. The third-order valence-corrected chi connectivity index (χ3v) is 4.74. The Morgan fingerprint density at radius 1 is 0.500 bits per heavy atom. The zero-order valence-corrected chi connectivity index (χ0v) is 14.2. The van der Waals surface area contributed by atoms with Crippen LogP contribution < -0.4 is 0 Å². The van der Waals surface area contributed by atoms with Gasteiger partial charge in [0.15, 0.2) is 11.8 Å².